The number of nitriles is 1. The molecule has 0 aromatic heterocycles. The number of thioether (sulfide) groups is 2. The molecular formula is C6H5NOS2. The predicted octanol–water partition coefficient (Wildman–Crippen LogP) is 1.40. The van der Waals surface area contributed by atoms with E-state index in [1.54, 1.807) is 29.6 Å². The van der Waals surface area contributed by atoms with Crippen LogP contribution in [0.2, 0.25) is 0 Å². The second-order valence-corrected chi connectivity index (χ2v) is 4.17. The summed E-state index contributed by atoms with van der Waals surface area (Å²) in [6, 6.07) is 1.55. The number of carbonyl (C=O) groups excluding carboxylic acids is 1. The first-order valence-corrected chi connectivity index (χ1v) is 4.71. The molecular weight excluding hydrogens is 166 g/mol. The van der Waals surface area contributed by atoms with E-state index in [9.17, 15) is 4.79 Å². The SMILES string of the molecule is N#CC(=O)C=C1SCCS1. The van der Waals surface area contributed by atoms with E-state index in [1.165, 1.54) is 6.08 Å². The number of nitrogens with zero attached hydrogens (tertiary/aromatic N) is 1. The van der Waals surface area contributed by atoms with Gasteiger partial charge in [0.05, 0.1) is 0 Å². The van der Waals surface area contributed by atoms with Crippen LogP contribution in [0.5, 0.6) is 0 Å². The minimum Gasteiger partial charge on any atom is -0.278 e. The normalized spacial score (nSPS) is 16.5. The summed E-state index contributed by atoms with van der Waals surface area (Å²) in [5.41, 5.74) is 0. The first kappa shape index (κ1) is 7.70. The number of hydrogen-bond donors (Lipinski definition) is 0. The number of rotatable bonds is 1. The minimum absolute atomic E-state index is 0.447. The lowest BCUT2D eigenvalue weighted by molar-refractivity contribution is -0.109. The number of allylic oxidation sites excluding steroid dienone is 1. The van der Waals surface area contributed by atoms with Crippen molar-refractivity contribution in [2.75, 3.05) is 11.5 Å². The van der Waals surface area contributed by atoms with Crippen molar-refractivity contribution >= 4 is 29.3 Å². The lowest BCUT2D eigenvalue weighted by Gasteiger charge is -1.86. The number of carbonyl (C=O) groups is 1. The molecule has 0 aromatic rings. The highest BCUT2D eigenvalue weighted by atomic mass is 32.2. The average molecular weight is 171 g/mol. The van der Waals surface area contributed by atoms with Crippen molar-refractivity contribution in [3.05, 3.63) is 10.3 Å². The highest BCUT2D eigenvalue weighted by Gasteiger charge is 2.08. The van der Waals surface area contributed by atoms with Gasteiger partial charge in [0.2, 0.25) is 0 Å². The van der Waals surface area contributed by atoms with Crippen LogP contribution in [0.15, 0.2) is 10.3 Å². The standard InChI is InChI=1S/C6H5NOS2/c7-4-5(8)3-6-9-1-2-10-6/h3H,1-2H2. The Balaban J connectivity index is 2.55. The third-order valence-electron chi connectivity index (χ3n) is 0.931. The van der Waals surface area contributed by atoms with Crippen LogP contribution in [0.3, 0.4) is 0 Å². The Hall–Kier alpha value is -0.400. The zero-order valence-electron chi connectivity index (χ0n) is 5.16. The first-order valence-electron chi connectivity index (χ1n) is 2.74. The topological polar surface area (TPSA) is 40.9 Å². The van der Waals surface area contributed by atoms with Crippen molar-refractivity contribution in [1.29, 1.82) is 5.26 Å². The summed E-state index contributed by atoms with van der Waals surface area (Å²) in [6.07, 6.45) is 1.41. The summed E-state index contributed by atoms with van der Waals surface area (Å²) in [7, 11) is 0. The van der Waals surface area contributed by atoms with Crippen LogP contribution in [0, 0.1) is 11.3 Å². The second kappa shape index (κ2) is 3.69. The molecule has 0 aliphatic carbocycles. The van der Waals surface area contributed by atoms with Gasteiger partial charge >= 0.3 is 0 Å². The lowest BCUT2D eigenvalue weighted by atomic mass is 10.4. The van der Waals surface area contributed by atoms with Gasteiger partial charge in [0.25, 0.3) is 5.78 Å². The molecule has 0 saturated carbocycles. The minimum atomic E-state index is -0.447. The van der Waals surface area contributed by atoms with Crippen molar-refractivity contribution < 1.29 is 4.79 Å². The van der Waals surface area contributed by atoms with Crippen molar-refractivity contribution in [2.45, 2.75) is 0 Å². The molecule has 52 valence electrons. The average Bonchev–Trinajstić information content (AvgIpc) is 2.40. The third kappa shape index (κ3) is 2.09. The van der Waals surface area contributed by atoms with Crippen LogP contribution >= 0.6 is 23.5 Å². The molecule has 0 bridgehead atoms. The molecule has 2 nitrogen and oxygen atoms in total. The highest BCUT2D eigenvalue weighted by molar-refractivity contribution is 8.25. The Morgan fingerprint density at radius 3 is 2.70 bits per heavy atom. The summed E-state index contributed by atoms with van der Waals surface area (Å²) in [6.45, 7) is 0. The van der Waals surface area contributed by atoms with Crippen LogP contribution in [0.25, 0.3) is 0 Å². The van der Waals surface area contributed by atoms with Gasteiger partial charge in [-0.15, -0.1) is 23.5 Å². The molecule has 1 fully saturated rings. The Bertz CT molecular complexity index is 208. The maximum absolute atomic E-state index is 10.5. The molecule has 1 aliphatic rings. The fourth-order valence-electron chi connectivity index (χ4n) is 0.549. The van der Waals surface area contributed by atoms with Gasteiger partial charge in [-0.3, -0.25) is 4.79 Å². The van der Waals surface area contributed by atoms with Crippen LogP contribution in [-0.4, -0.2) is 17.3 Å². The second-order valence-electron chi connectivity index (χ2n) is 1.64. The molecule has 0 radical (unpaired) electrons. The number of ketones is 1. The van der Waals surface area contributed by atoms with Gasteiger partial charge in [-0.05, 0) is 0 Å². The molecule has 0 atom stereocenters. The van der Waals surface area contributed by atoms with Gasteiger partial charge in [-0.2, -0.15) is 5.26 Å². The van der Waals surface area contributed by atoms with Gasteiger partial charge < -0.3 is 0 Å². The van der Waals surface area contributed by atoms with Gasteiger partial charge in [-0.1, -0.05) is 0 Å². The van der Waals surface area contributed by atoms with Crippen LogP contribution in [-0.2, 0) is 4.79 Å². The summed E-state index contributed by atoms with van der Waals surface area (Å²) in [5, 5.41) is 8.13. The fourth-order valence-corrected chi connectivity index (χ4v) is 2.83. The molecule has 1 heterocycles. The van der Waals surface area contributed by atoms with Gasteiger partial charge in [0.1, 0.15) is 6.07 Å². The van der Waals surface area contributed by atoms with Gasteiger partial charge in [0.15, 0.2) is 0 Å². The van der Waals surface area contributed by atoms with E-state index in [1.807, 2.05) is 0 Å². The van der Waals surface area contributed by atoms with E-state index in [4.69, 9.17) is 5.26 Å². The van der Waals surface area contributed by atoms with E-state index >= 15 is 0 Å². The monoisotopic (exact) mass is 171 g/mol. The third-order valence-corrected chi connectivity index (χ3v) is 3.52. The molecule has 0 N–H and O–H groups in total. The van der Waals surface area contributed by atoms with Crippen LogP contribution < -0.4 is 0 Å². The largest absolute Gasteiger partial charge is 0.278 e. The van der Waals surface area contributed by atoms with Crippen LogP contribution in [0.1, 0.15) is 0 Å². The molecule has 1 saturated heterocycles. The van der Waals surface area contributed by atoms with Crippen molar-refractivity contribution in [3.8, 4) is 6.07 Å². The van der Waals surface area contributed by atoms with Crippen molar-refractivity contribution in [2.24, 2.45) is 0 Å². The van der Waals surface area contributed by atoms with E-state index in [0.29, 0.717) is 0 Å². The molecule has 0 aromatic carbocycles. The van der Waals surface area contributed by atoms with Gasteiger partial charge in [-0.25, -0.2) is 0 Å². The van der Waals surface area contributed by atoms with Crippen LogP contribution in [0.4, 0.5) is 0 Å². The zero-order chi connectivity index (χ0) is 7.40. The molecule has 0 unspecified atom stereocenters. The summed E-state index contributed by atoms with van der Waals surface area (Å²) in [4.78, 5) is 10.5. The Morgan fingerprint density at radius 1 is 1.60 bits per heavy atom. The van der Waals surface area contributed by atoms with E-state index in [0.717, 1.165) is 15.7 Å². The van der Waals surface area contributed by atoms with Gasteiger partial charge in [0, 0.05) is 21.8 Å². The predicted molar refractivity (Wildman–Crippen MR) is 43.6 cm³/mol. The van der Waals surface area contributed by atoms with Crippen molar-refractivity contribution in [3.63, 3.8) is 0 Å². The smallest absolute Gasteiger partial charge is 0.256 e. The highest BCUT2D eigenvalue weighted by Crippen LogP contribution is 2.35. The molecule has 1 aliphatic heterocycles. The molecule has 0 amide bonds. The maximum atomic E-state index is 10.5. The fraction of sp³-hybridized carbons (Fsp3) is 0.333. The molecule has 1 rings (SSSR count). The summed E-state index contributed by atoms with van der Waals surface area (Å²) >= 11 is 3.28. The van der Waals surface area contributed by atoms with Crippen molar-refractivity contribution in [1.82, 2.24) is 0 Å². The zero-order valence-corrected chi connectivity index (χ0v) is 6.80. The maximum Gasteiger partial charge on any atom is 0.256 e. The lowest BCUT2D eigenvalue weighted by Crippen LogP contribution is -1.84. The molecule has 0 spiro atoms. The molecule has 4 heteroatoms. The number of hydrogen-bond acceptors (Lipinski definition) is 4. The van der Waals surface area contributed by atoms with E-state index in [-0.39, 0.29) is 0 Å². The Kier molecular flexibility index (Phi) is 2.84. The quantitative estimate of drug-likeness (QED) is 0.441. The Labute approximate surface area is 67.7 Å². The summed E-state index contributed by atoms with van der Waals surface area (Å²) < 4.78 is 0.978. The summed E-state index contributed by atoms with van der Waals surface area (Å²) in [5.74, 6) is 1.65. The first-order chi connectivity index (χ1) is 4.83. The Morgan fingerprint density at radius 2 is 2.20 bits per heavy atom. The van der Waals surface area contributed by atoms with E-state index in [2.05, 4.69) is 0 Å². The van der Waals surface area contributed by atoms with E-state index < -0.39 is 5.78 Å². The molecule has 10 heavy (non-hydrogen) atoms.